The molecule has 1 heterocycles. The highest BCUT2D eigenvalue weighted by Crippen LogP contribution is 2.31. The number of rotatable bonds is 7. The number of thioether (sulfide) groups is 1. The van der Waals surface area contributed by atoms with Crippen LogP contribution in [-0.2, 0) is 11.9 Å². The van der Waals surface area contributed by atoms with Crippen LogP contribution >= 0.6 is 11.8 Å². The van der Waals surface area contributed by atoms with Crippen molar-refractivity contribution in [3.8, 4) is 17.1 Å². The van der Waals surface area contributed by atoms with Gasteiger partial charge in [-0.15, -0.1) is 11.8 Å². The standard InChI is InChI=1S/C18H15F3N2O2S/c19-18(20,21)14-6-4-5-13(11-14)17-22-16(25-23-17)12-26-10-9-24-15-7-2-1-3-8-15/h1-8,11H,9-10,12H2. The smallest absolute Gasteiger partial charge is 0.416 e. The Morgan fingerprint density at radius 3 is 2.62 bits per heavy atom. The molecule has 0 aliphatic heterocycles. The second-order valence-corrected chi connectivity index (χ2v) is 6.41. The lowest BCUT2D eigenvalue weighted by Crippen LogP contribution is -2.04. The predicted octanol–water partition coefficient (Wildman–Crippen LogP) is 5.07. The summed E-state index contributed by atoms with van der Waals surface area (Å²) in [7, 11) is 0. The largest absolute Gasteiger partial charge is 0.493 e. The first-order valence-electron chi connectivity index (χ1n) is 7.78. The molecule has 3 rings (SSSR count). The fraction of sp³-hybridized carbons (Fsp3) is 0.222. The Bertz CT molecular complexity index is 838. The molecule has 2 aromatic carbocycles. The maximum atomic E-state index is 12.8. The molecule has 0 fully saturated rings. The summed E-state index contributed by atoms with van der Waals surface area (Å²) in [5.74, 6) is 2.49. The first-order chi connectivity index (χ1) is 12.5. The molecule has 0 saturated heterocycles. The Morgan fingerprint density at radius 1 is 1.04 bits per heavy atom. The molecule has 0 spiro atoms. The summed E-state index contributed by atoms with van der Waals surface area (Å²) in [6.45, 7) is 0.531. The Balaban J connectivity index is 1.50. The van der Waals surface area contributed by atoms with Gasteiger partial charge >= 0.3 is 6.18 Å². The van der Waals surface area contributed by atoms with Gasteiger partial charge in [-0.05, 0) is 24.3 Å². The van der Waals surface area contributed by atoms with Crippen molar-refractivity contribution in [2.45, 2.75) is 11.9 Å². The van der Waals surface area contributed by atoms with E-state index in [0.29, 0.717) is 18.3 Å². The Labute approximate surface area is 152 Å². The van der Waals surface area contributed by atoms with Crippen LogP contribution in [0.3, 0.4) is 0 Å². The Hall–Kier alpha value is -2.48. The van der Waals surface area contributed by atoms with Crippen LogP contribution in [0.4, 0.5) is 13.2 Å². The van der Waals surface area contributed by atoms with E-state index < -0.39 is 11.7 Å². The van der Waals surface area contributed by atoms with Crippen molar-refractivity contribution in [1.29, 1.82) is 0 Å². The Kier molecular flexibility index (Phi) is 5.82. The van der Waals surface area contributed by atoms with Crippen LogP contribution in [0.2, 0.25) is 0 Å². The van der Waals surface area contributed by atoms with Gasteiger partial charge < -0.3 is 9.26 Å². The molecular weight excluding hydrogens is 365 g/mol. The molecule has 26 heavy (non-hydrogen) atoms. The van der Waals surface area contributed by atoms with E-state index in [1.165, 1.54) is 12.1 Å². The number of halogens is 3. The topological polar surface area (TPSA) is 48.2 Å². The minimum atomic E-state index is -4.41. The molecule has 0 atom stereocenters. The van der Waals surface area contributed by atoms with Crippen molar-refractivity contribution in [1.82, 2.24) is 10.1 Å². The average Bonchev–Trinajstić information content (AvgIpc) is 3.11. The summed E-state index contributed by atoms with van der Waals surface area (Å²) in [5, 5.41) is 3.76. The van der Waals surface area contributed by atoms with Crippen LogP contribution in [0.25, 0.3) is 11.4 Å². The minimum Gasteiger partial charge on any atom is -0.493 e. The summed E-state index contributed by atoms with van der Waals surface area (Å²) in [4.78, 5) is 4.15. The molecule has 0 amide bonds. The maximum Gasteiger partial charge on any atom is 0.416 e. The van der Waals surface area contributed by atoms with E-state index in [1.807, 2.05) is 30.3 Å². The number of benzene rings is 2. The molecule has 0 aliphatic carbocycles. The molecular formula is C18H15F3N2O2S. The van der Waals surface area contributed by atoms with Crippen LogP contribution in [0.15, 0.2) is 59.1 Å². The summed E-state index contributed by atoms with van der Waals surface area (Å²) < 4.78 is 49.0. The number of hydrogen-bond acceptors (Lipinski definition) is 5. The van der Waals surface area contributed by atoms with Crippen LogP contribution in [-0.4, -0.2) is 22.5 Å². The van der Waals surface area contributed by atoms with Gasteiger partial charge in [-0.25, -0.2) is 0 Å². The fourth-order valence-corrected chi connectivity index (χ4v) is 2.80. The second kappa shape index (κ2) is 8.27. The van der Waals surface area contributed by atoms with Gasteiger partial charge in [0.25, 0.3) is 0 Å². The third kappa shape index (κ3) is 5.01. The quantitative estimate of drug-likeness (QED) is 0.536. The van der Waals surface area contributed by atoms with Crippen molar-refractivity contribution in [2.75, 3.05) is 12.4 Å². The van der Waals surface area contributed by atoms with Gasteiger partial charge in [0.2, 0.25) is 11.7 Å². The lowest BCUT2D eigenvalue weighted by atomic mass is 10.1. The molecule has 1 aromatic heterocycles. The molecule has 0 aliphatic rings. The second-order valence-electron chi connectivity index (χ2n) is 5.30. The molecule has 0 bridgehead atoms. The number of alkyl halides is 3. The van der Waals surface area contributed by atoms with Crippen LogP contribution in [0.5, 0.6) is 5.75 Å². The average molecular weight is 380 g/mol. The highest BCUT2D eigenvalue weighted by atomic mass is 32.2. The zero-order chi connectivity index (χ0) is 18.4. The zero-order valence-electron chi connectivity index (χ0n) is 13.6. The molecule has 0 unspecified atom stereocenters. The van der Waals surface area contributed by atoms with E-state index in [4.69, 9.17) is 9.26 Å². The monoisotopic (exact) mass is 380 g/mol. The van der Waals surface area contributed by atoms with Gasteiger partial charge in [-0.2, -0.15) is 18.2 Å². The van der Waals surface area contributed by atoms with Gasteiger partial charge in [-0.3, -0.25) is 0 Å². The van der Waals surface area contributed by atoms with Crippen molar-refractivity contribution in [3.63, 3.8) is 0 Å². The van der Waals surface area contributed by atoms with Gasteiger partial charge in [0.05, 0.1) is 17.9 Å². The highest BCUT2D eigenvalue weighted by molar-refractivity contribution is 7.98. The van der Waals surface area contributed by atoms with Crippen LogP contribution < -0.4 is 4.74 Å². The Morgan fingerprint density at radius 2 is 1.85 bits per heavy atom. The molecule has 0 radical (unpaired) electrons. The molecule has 0 saturated carbocycles. The molecule has 3 aromatic rings. The SMILES string of the molecule is FC(F)(F)c1cccc(-c2noc(CSCCOc3ccccc3)n2)c1. The van der Waals surface area contributed by atoms with Gasteiger partial charge in [0.15, 0.2) is 0 Å². The van der Waals surface area contributed by atoms with Crippen LogP contribution in [0, 0.1) is 0 Å². The molecule has 8 heteroatoms. The lowest BCUT2D eigenvalue weighted by Gasteiger charge is -2.06. The predicted molar refractivity (Wildman–Crippen MR) is 92.8 cm³/mol. The minimum absolute atomic E-state index is 0.146. The summed E-state index contributed by atoms with van der Waals surface area (Å²) in [5.41, 5.74) is -0.471. The molecule has 0 N–H and O–H groups in total. The van der Waals surface area contributed by atoms with Crippen molar-refractivity contribution < 1.29 is 22.4 Å². The third-order valence-corrected chi connectivity index (χ3v) is 4.29. The number of hydrogen-bond donors (Lipinski definition) is 0. The van der Waals surface area contributed by atoms with E-state index in [2.05, 4.69) is 10.1 Å². The summed E-state index contributed by atoms with van der Waals surface area (Å²) in [6.07, 6.45) is -4.41. The summed E-state index contributed by atoms with van der Waals surface area (Å²) in [6, 6.07) is 14.3. The van der Waals surface area contributed by atoms with Crippen LogP contribution in [0.1, 0.15) is 11.5 Å². The van der Waals surface area contributed by atoms with Gasteiger partial charge in [0, 0.05) is 11.3 Å². The highest BCUT2D eigenvalue weighted by Gasteiger charge is 2.30. The first kappa shape index (κ1) is 18.3. The van der Waals surface area contributed by atoms with Gasteiger partial charge in [0.1, 0.15) is 5.75 Å². The molecule has 136 valence electrons. The van der Waals surface area contributed by atoms with Crippen molar-refractivity contribution >= 4 is 11.8 Å². The lowest BCUT2D eigenvalue weighted by molar-refractivity contribution is -0.137. The first-order valence-corrected chi connectivity index (χ1v) is 8.93. The summed E-state index contributed by atoms with van der Waals surface area (Å²) >= 11 is 1.54. The van der Waals surface area contributed by atoms with Gasteiger partial charge in [-0.1, -0.05) is 35.5 Å². The maximum absolute atomic E-state index is 12.8. The normalized spacial score (nSPS) is 11.5. The van der Waals surface area contributed by atoms with E-state index in [-0.39, 0.29) is 11.4 Å². The van der Waals surface area contributed by atoms with E-state index in [9.17, 15) is 13.2 Å². The van der Waals surface area contributed by atoms with E-state index in [0.717, 1.165) is 23.6 Å². The number of ether oxygens (including phenoxy) is 1. The third-order valence-electron chi connectivity index (χ3n) is 3.38. The fourth-order valence-electron chi connectivity index (χ4n) is 2.16. The van der Waals surface area contributed by atoms with E-state index in [1.54, 1.807) is 11.8 Å². The van der Waals surface area contributed by atoms with Crippen molar-refractivity contribution in [2.24, 2.45) is 0 Å². The number of aromatic nitrogens is 2. The van der Waals surface area contributed by atoms with E-state index >= 15 is 0 Å². The number of nitrogens with zero attached hydrogens (tertiary/aromatic N) is 2. The number of para-hydroxylation sites is 1. The molecule has 4 nitrogen and oxygen atoms in total. The van der Waals surface area contributed by atoms with Crippen molar-refractivity contribution in [3.05, 3.63) is 66.1 Å². The zero-order valence-corrected chi connectivity index (χ0v) is 14.4.